The number of hydrogen-bond acceptors (Lipinski definition) is 13. The van der Waals surface area contributed by atoms with Gasteiger partial charge in [0, 0.05) is 54.3 Å². The average molecular weight is 857 g/mol. The predicted molar refractivity (Wildman–Crippen MR) is 230 cm³/mol. The van der Waals surface area contributed by atoms with E-state index in [1.54, 1.807) is 0 Å². The van der Waals surface area contributed by atoms with Crippen molar-refractivity contribution in [1.29, 1.82) is 0 Å². The minimum Gasteiger partial charge on any atom is -0.478 e. The number of aliphatic carboxylic acids is 1. The predicted octanol–water partition coefficient (Wildman–Crippen LogP) is 2.02. The van der Waals surface area contributed by atoms with Gasteiger partial charge in [-0.3, -0.25) is 40.4 Å². The summed E-state index contributed by atoms with van der Waals surface area (Å²) in [6, 6.07) is 12.1. The van der Waals surface area contributed by atoms with E-state index in [1.807, 2.05) is 65.8 Å². The molecule has 332 valence electrons. The number of carboxylic acids is 1. The Labute approximate surface area is 360 Å². The first-order valence-electron chi connectivity index (χ1n) is 19.7. The molecule has 20 heteroatoms. The normalized spacial score (nSPS) is 15.8. The number of benzene rings is 2. The van der Waals surface area contributed by atoms with Crippen molar-refractivity contribution in [2.75, 3.05) is 46.1 Å². The van der Waals surface area contributed by atoms with Crippen molar-refractivity contribution in [2.45, 2.75) is 66.5 Å². The zero-order valence-corrected chi connectivity index (χ0v) is 36.3. The van der Waals surface area contributed by atoms with Crippen LogP contribution in [0, 0.1) is 27.7 Å². The van der Waals surface area contributed by atoms with Crippen LogP contribution in [0.2, 0.25) is 0 Å². The summed E-state index contributed by atoms with van der Waals surface area (Å²) in [6.45, 7) is 19.2. The summed E-state index contributed by atoms with van der Waals surface area (Å²) in [4.78, 5) is 69.8. The van der Waals surface area contributed by atoms with Crippen molar-refractivity contribution in [3.63, 3.8) is 0 Å². The summed E-state index contributed by atoms with van der Waals surface area (Å²) in [5, 5.41) is 17.0. The fraction of sp³-hybridized carbons (Fsp3) is 0.405. The zero-order chi connectivity index (χ0) is 45.6. The van der Waals surface area contributed by atoms with Crippen LogP contribution in [-0.4, -0.2) is 131 Å². The maximum absolute atomic E-state index is 12.4. The standard InChI is InChI=1S/C21H26N6O4.C13H13N3O2.C8H17N3O2/c1-14-9-15(2)11-16(10-14)18-22-13-26(25-18)6-5-17(28)23-24-19(29)20(30)27-7-8-31-12-21(27,3)4;1-9-5-10(2)7-11(6-9)13-14-8-16(15-13)4-3-12(17)18;1-8(2)6-13-4-3-11(8)5-7(12)10-9/h5-6,9-11,13H,7-8,12H2,1-4H3,(H,23,28)(H,24,29);3-8H,1-2H3,(H,17,18);3-6,9H2,1-2H3,(H,10,12)/b6-5-;4-3-;. The Morgan fingerprint density at radius 2 is 1.21 bits per heavy atom. The molecule has 0 unspecified atom stereocenters. The summed E-state index contributed by atoms with van der Waals surface area (Å²) >= 11 is 0. The Hall–Kier alpha value is -6.61. The molecule has 0 aliphatic carbocycles. The topological polar surface area (TPSA) is 254 Å². The van der Waals surface area contributed by atoms with E-state index in [-0.39, 0.29) is 11.4 Å². The molecule has 2 fully saturated rings. The highest BCUT2D eigenvalue weighted by Gasteiger charge is 2.37. The van der Waals surface area contributed by atoms with Crippen LogP contribution in [0.3, 0.4) is 0 Å². The maximum Gasteiger partial charge on any atom is 0.329 e. The first kappa shape index (κ1) is 48.1. The van der Waals surface area contributed by atoms with Crippen molar-refractivity contribution in [1.82, 2.24) is 55.6 Å². The second-order valence-electron chi connectivity index (χ2n) is 15.9. The fourth-order valence-electron chi connectivity index (χ4n) is 6.42. The van der Waals surface area contributed by atoms with E-state index in [2.05, 4.69) is 67.3 Å². The number of nitrogens with one attached hydrogen (secondary N) is 3. The number of hydrogen-bond donors (Lipinski definition) is 5. The fourth-order valence-corrected chi connectivity index (χ4v) is 6.42. The minimum absolute atomic E-state index is 0.0786. The highest BCUT2D eigenvalue weighted by atomic mass is 16.5. The van der Waals surface area contributed by atoms with Crippen LogP contribution in [0.25, 0.3) is 35.2 Å². The van der Waals surface area contributed by atoms with Crippen LogP contribution in [0.4, 0.5) is 0 Å². The Morgan fingerprint density at radius 3 is 1.68 bits per heavy atom. The SMILES string of the molecule is CC1(C)COCCN1CC(=O)NN.Cc1cc(C)cc(-c2ncn(/C=C\C(=O)NNC(=O)C(=O)N3CCOCC3(C)C)n2)c1.Cc1cc(C)cc(-c2ncn(/C=C\C(=O)O)n2)c1. The van der Waals surface area contributed by atoms with Gasteiger partial charge in [0.15, 0.2) is 11.6 Å². The third-order valence-corrected chi connectivity index (χ3v) is 9.42. The van der Waals surface area contributed by atoms with Gasteiger partial charge in [-0.25, -0.2) is 30.0 Å². The molecule has 20 nitrogen and oxygen atoms in total. The molecule has 4 heterocycles. The van der Waals surface area contributed by atoms with E-state index in [0.717, 1.165) is 46.0 Å². The third-order valence-electron chi connectivity index (χ3n) is 9.42. The van der Waals surface area contributed by atoms with Crippen LogP contribution in [0.5, 0.6) is 0 Å². The summed E-state index contributed by atoms with van der Waals surface area (Å²) in [5.74, 6) is 2.69. The number of carbonyl (C=O) groups excluding carboxylic acids is 4. The van der Waals surface area contributed by atoms with Gasteiger partial charge < -0.3 is 19.5 Å². The van der Waals surface area contributed by atoms with Crippen molar-refractivity contribution >= 4 is 42.0 Å². The lowest BCUT2D eigenvalue weighted by molar-refractivity contribution is -0.156. The second-order valence-corrected chi connectivity index (χ2v) is 15.9. The van der Waals surface area contributed by atoms with Crippen molar-refractivity contribution in [3.8, 4) is 22.8 Å². The number of aromatic nitrogens is 6. The molecule has 4 aromatic rings. The van der Waals surface area contributed by atoms with E-state index < -0.39 is 29.2 Å². The Kier molecular flexibility index (Phi) is 16.9. The number of amides is 4. The highest BCUT2D eigenvalue weighted by Crippen LogP contribution is 2.21. The smallest absolute Gasteiger partial charge is 0.329 e. The van der Waals surface area contributed by atoms with Gasteiger partial charge in [0.1, 0.15) is 12.7 Å². The Morgan fingerprint density at radius 1 is 0.726 bits per heavy atom. The number of carbonyl (C=O) groups is 5. The van der Waals surface area contributed by atoms with Gasteiger partial charge in [0.2, 0.25) is 5.91 Å². The Balaban J connectivity index is 0.000000229. The van der Waals surface area contributed by atoms with Crippen molar-refractivity contribution < 1.29 is 38.6 Å². The molecule has 6 N–H and O–H groups in total. The van der Waals surface area contributed by atoms with Gasteiger partial charge in [-0.15, -0.1) is 10.2 Å². The molecule has 2 aliphatic rings. The van der Waals surface area contributed by atoms with Gasteiger partial charge >= 0.3 is 17.8 Å². The van der Waals surface area contributed by atoms with E-state index in [9.17, 15) is 24.0 Å². The maximum atomic E-state index is 12.4. The number of carboxylic acid groups (broad SMARTS) is 1. The molecule has 2 aromatic heterocycles. The largest absolute Gasteiger partial charge is 0.478 e. The average Bonchev–Trinajstić information content (AvgIpc) is 3.89. The summed E-state index contributed by atoms with van der Waals surface area (Å²) < 4.78 is 13.4. The molecule has 0 bridgehead atoms. The lowest BCUT2D eigenvalue weighted by atomic mass is 10.0. The van der Waals surface area contributed by atoms with E-state index >= 15 is 0 Å². The summed E-state index contributed by atoms with van der Waals surface area (Å²) in [5.41, 5.74) is 12.1. The lowest BCUT2D eigenvalue weighted by Crippen LogP contribution is -2.60. The molecule has 2 aliphatic heterocycles. The second kappa shape index (κ2) is 21.8. The van der Waals surface area contributed by atoms with Crippen LogP contribution in [-0.2, 0) is 33.4 Å². The number of nitrogens with two attached hydrogens (primary N) is 1. The van der Waals surface area contributed by atoms with Crippen LogP contribution in [0.1, 0.15) is 49.9 Å². The van der Waals surface area contributed by atoms with Crippen LogP contribution < -0.4 is 22.1 Å². The number of nitrogens with zero attached hydrogens (tertiary/aromatic N) is 8. The molecule has 6 rings (SSSR count). The molecule has 0 saturated carbocycles. The molecule has 2 aromatic carbocycles. The number of morpholine rings is 2. The third kappa shape index (κ3) is 14.5. The molecule has 0 atom stereocenters. The van der Waals surface area contributed by atoms with E-state index in [4.69, 9.17) is 20.4 Å². The van der Waals surface area contributed by atoms with E-state index in [0.29, 0.717) is 51.2 Å². The highest BCUT2D eigenvalue weighted by molar-refractivity contribution is 6.35. The van der Waals surface area contributed by atoms with Crippen LogP contribution in [0.15, 0.2) is 61.2 Å². The van der Waals surface area contributed by atoms with Gasteiger partial charge in [-0.2, -0.15) is 0 Å². The molecular formula is C42H56N12O8. The van der Waals surface area contributed by atoms with Crippen LogP contribution >= 0.6 is 0 Å². The zero-order valence-electron chi connectivity index (χ0n) is 36.3. The van der Waals surface area contributed by atoms with Crippen molar-refractivity contribution in [2.24, 2.45) is 5.84 Å². The van der Waals surface area contributed by atoms with E-state index in [1.165, 1.54) is 45.4 Å². The number of hydrazine groups is 2. The first-order valence-corrected chi connectivity index (χ1v) is 19.7. The van der Waals surface area contributed by atoms with Gasteiger partial charge in [-0.1, -0.05) is 34.4 Å². The number of ether oxygens (including phenoxy) is 2. The number of aryl methyl sites for hydroxylation is 4. The van der Waals surface area contributed by atoms with Gasteiger partial charge in [0.25, 0.3) is 5.91 Å². The van der Waals surface area contributed by atoms with Crippen molar-refractivity contribution in [3.05, 3.63) is 83.5 Å². The van der Waals surface area contributed by atoms with Gasteiger partial charge in [-0.05, 0) is 79.7 Å². The minimum atomic E-state index is -1.02. The number of rotatable bonds is 8. The molecule has 2 saturated heterocycles. The first-order chi connectivity index (χ1) is 29.3. The molecule has 0 radical (unpaired) electrons. The molecule has 62 heavy (non-hydrogen) atoms. The quantitative estimate of drug-likeness (QED) is 0.0559. The summed E-state index contributed by atoms with van der Waals surface area (Å²) in [7, 11) is 0. The van der Waals surface area contributed by atoms with Gasteiger partial charge in [0.05, 0.1) is 38.5 Å². The molecule has 4 amide bonds. The molecular weight excluding hydrogens is 801 g/mol. The monoisotopic (exact) mass is 856 g/mol. The lowest BCUT2D eigenvalue weighted by Gasteiger charge is -2.41. The Bertz CT molecular complexity index is 2240. The summed E-state index contributed by atoms with van der Waals surface area (Å²) in [6.07, 6.45) is 7.88. The molecule has 0 spiro atoms.